The maximum Gasteiger partial charge on any atom is 0.264 e. The zero-order valence-electron chi connectivity index (χ0n) is 51.8. The van der Waals surface area contributed by atoms with E-state index < -0.39 is 0 Å². The Morgan fingerprint density at radius 1 is 0.418 bits per heavy atom. The SMILES string of the molecule is CC(C)(C)c1ccc(N2c3ccc(C(C)(C)C)cc3B3c4sc5cc6c(cc5c4N(c4ccc5c(c4)C(C)(C)CCC5(C)C)c4cc(N5c7ccc(C(C)(C)C)cc7C7(C)CCCCC57C)cc2c43)C(C)(C)CCC6(C)C)cc1. The number of nitrogens with zero attached hydrogens (tertiary/aromatic N) is 3. The van der Waals surface area contributed by atoms with Crippen LogP contribution in [0.4, 0.5) is 45.5 Å². The average molecular weight is 1060 g/mol. The van der Waals surface area contributed by atoms with Crippen molar-refractivity contribution in [3.8, 4) is 0 Å². The monoisotopic (exact) mass is 1060 g/mol. The van der Waals surface area contributed by atoms with Gasteiger partial charge in [0.1, 0.15) is 0 Å². The lowest BCUT2D eigenvalue weighted by Gasteiger charge is -2.51. The van der Waals surface area contributed by atoms with Crippen LogP contribution in [0.25, 0.3) is 10.1 Å². The zero-order chi connectivity index (χ0) is 56.3. The Morgan fingerprint density at radius 3 is 1.53 bits per heavy atom. The quantitative estimate of drug-likeness (QED) is 0.163. The summed E-state index contributed by atoms with van der Waals surface area (Å²) in [4.78, 5) is 8.38. The minimum absolute atomic E-state index is 0.0203. The van der Waals surface area contributed by atoms with Crippen molar-refractivity contribution in [3.63, 3.8) is 0 Å². The van der Waals surface area contributed by atoms with Gasteiger partial charge >= 0.3 is 0 Å². The van der Waals surface area contributed by atoms with Gasteiger partial charge in [-0.3, -0.25) is 0 Å². The summed E-state index contributed by atoms with van der Waals surface area (Å²) < 4.78 is 2.88. The smallest absolute Gasteiger partial charge is 0.264 e. The van der Waals surface area contributed by atoms with Gasteiger partial charge in [-0.25, -0.2) is 0 Å². The van der Waals surface area contributed by atoms with Crippen LogP contribution in [-0.2, 0) is 43.3 Å². The summed E-state index contributed by atoms with van der Waals surface area (Å²) in [5.41, 5.74) is 25.2. The van der Waals surface area contributed by atoms with Gasteiger partial charge in [0.15, 0.2) is 0 Å². The summed E-state index contributed by atoms with van der Waals surface area (Å²) in [6.45, 7) is 46.6. The van der Waals surface area contributed by atoms with Gasteiger partial charge in [-0.05, 0) is 199 Å². The number of hydrogen-bond donors (Lipinski definition) is 0. The number of fused-ring (bicyclic) bond motifs is 11. The molecule has 1 fully saturated rings. The fraction of sp³-hybridized carbons (Fsp3) is 0.486. The molecule has 6 aliphatic rings. The van der Waals surface area contributed by atoms with Crippen molar-refractivity contribution in [1.29, 1.82) is 0 Å². The maximum absolute atomic E-state index is 2.87. The van der Waals surface area contributed by atoms with Crippen molar-refractivity contribution in [3.05, 3.63) is 148 Å². The van der Waals surface area contributed by atoms with Crippen molar-refractivity contribution in [1.82, 2.24) is 0 Å². The number of thiophene rings is 1. The van der Waals surface area contributed by atoms with Crippen molar-refractivity contribution in [2.24, 2.45) is 0 Å². The van der Waals surface area contributed by atoms with Crippen molar-refractivity contribution >= 4 is 89.3 Å². The largest absolute Gasteiger partial charge is 0.334 e. The van der Waals surface area contributed by atoms with Gasteiger partial charge in [0.25, 0.3) is 6.71 Å². The number of anilines is 8. The number of rotatable bonds is 3. The lowest BCUT2D eigenvalue weighted by atomic mass is 9.36. The van der Waals surface area contributed by atoms with E-state index in [1.165, 1.54) is 161 Å². The van der Waals surface area contributed by atoms with Crippen LogP contribution < -0.4 is 30.4 Å². The second-order valence-electron chi connectivity index (χ2n) is 31.9. The Morgan fingerprint density at radius 2 is 0.924 bits per heavy atom. The molecule has 1 saturated carbocycles. The van der Waals surface area contributed by atoms with E-state index in [0.29, 0.717) is 0 Å². The molecule has 7 aromatic rings. The van der Waals surface area contributed by atoms with E-state index in [9.17, 15) is 0 Å². The molecule has 3 aliphatic heterocycles. The van der Waals surface area contributed by atoms with Gasteiger partial charge in [-0.15, -0.1) is 11.3 Å². The highest BCUT2D eigenvalue weighted by Crippen LogP contribution is 2.63. The highest BCUT2D eigenvalue weighted by Gasteiger charge is 2.59. The normalized spacial score (nSPS) is 23.1. The summed E-state index contributed by atoms with van der Waals surface area (Å²) >= 11 is 2.08. The zero-order valence-corrected chi connectivity index (χ0v) is 52.6. The highest BCUT2D eigenvalue weighted by molar-refractivity contribution is 7.33. The van der Waals surface area contributed by atoms with Crippen molar-refractivity contribution in [2.75, 3.05) is 14.7 Å². The van der Waals surface area contributed by atoms with Crippen LogP contribution in [0.1, 0.15) is 227 Å². The van der Waals surface area contributed by atoms with E-state index in [2.05, 4.69) is 261 Å². The molecule has 0 N–H and O–H groups in total. The Bertz CT molecular complexity index is 3690. The second kappa shape index (κ2) is 16.7. The number of hydrogen-bond acceptors (Lipinski definition) is 4. The Balaban J connectivity index is 1.19. The summed E-state index contributed by atoms with van der Waals surface area (Å²) in [6, 6.07) is 43.3. The van der Waals surface area contributed by atoms with E-state index in [4.69, 9.17) is 0 Å². The molecule has 0 amide bonds. The summed E-state index contributed by atoms with van der Waals surface area (Å²) in [5, 5.41) is 1.40. The molecule has 5 heteroatoms. The fourth-order valence-corrected chi connectivity index (χ4v) is 17.4. The molecule has 1 aromatic heterocycles. The summed E-state index contributed by atoms with van der Waals surface area (Å²) in [7, 11) is 0. The molecule has 410 valence electrons. The van der Waals surface area contributed by atoms with Crippen molar-refractivity contribution in [2.45, 2.75) is 232 Å². The van der Waals surface area contributed by atoms with Crippen LogP contribution in [-0.4, -0.2) is 12.3 Å². The van der Waals surface area contributed by atoms with Gasteiger partial charge in [0, 0.05) is 60.1 Å². The first kappa shape index (κ1) is 53.1. The van der Waals surface area contributed by atoms with E-state index in [1.54, 1.807) is 0 Å². The maximum atomic E-state index is 2.87. The highest BCUT2D eigenvalue weighted by atomic mass is 32.1. The molecular weight excluding hydrogens is 974 g/mol. The first-order chi connectivity index (χ1) is 36.8. The van der Waals surface area contributed by atoms with Gasteiger partial charge in [-0.1, -0.05) is 180 Å². The van der Waals surface area contributed by atoms with Gasteiger partial charge in [-0.2, -0.15) is 0 Å². The molecule has 6 aromatic carbocycles. The van der Waals surface area contributed by atoms with Gasteiger partial charge < -0.3 is 14.7 Å². The molecule has 13 rings (SSSR count). The van der Waals surface area contributed by atoms with Crippen LogP contribution >= 0.6 is 11.3 Å². The minimum Gasteiger partial charge on any atom is -0.334 e. The average Bonchev–Trinajstić information content (AvgIpc) is 2.78. The standard InChI is InChI=1S/C74H90BN3S/c1-66(2,3)45-22-26-48(27-23-45)76-59-31-25-47(68(7,8)9)39-57(59)75-63-60(76)41-50(78-58-30-24-46(67(4,5)6)38-56(58)73(18)32-20-21-33-74(73,78)19)42-61(63)77(49-28-29-52-53(40-49)70(12,13)35-34-69(52,10)11)64-51-43-54-55(44-62(51)79-65(64)75)72(16,17)37-36-71(54,14)15/h22-31,38-44H,20-21,32-37H2,1-19H3. The Kier molecular flexibility index (Phi) is 11.2. The Labute approximate surface area is 480 Å². The molecule has 0 bridgehead atoms. The van der Waals surface area contributed by atoms with Crippen LogP contribution in [0, 0.1) is 0 Å². The van der Waals surface area contributed by atoms with Crippen molar-refractivity contribution < 1.29 is 0 Å². The van der Waals surface area contributed by atoms with Crippen LogP contribution in [0.3, 0.4) is 0 Å². The third-order valence-corrected chi connectivity index (χ3v) is 23.0. The molecule has 79 heavy (non-hydrogen) atoms. The lowest BCUT2D eigenvalue weighted by molar-refractivity contribution is 0.195. The van der Waals surface area contributed by atoms with Gasteiger partial charge in [0.05, 0.1) is 11.2 Å². The Hall–Kier alpha value is -5.26. The first-order valence-corrected chi connectivity index (χ1v) is 31.3. The molecule has 0 radical (unpaired) electrons. The molecule has 4 heterocycles. The molecule has 2 atom stereocenters. The molecule has 0 saturated heterocycles. The molecule has 3 nitrogen and oxygen atoms in total. The predicted octanol–water partition coefficient (Wildman–Crippen LogP) is 19.3. The van der Waals surface area contributed by atoms with E-state index in [0.717, 1.165) is 6.42 Å². The number of benzene rings is 6. The van der Waals surface area contributed by atoms with Crippen LogP contribution in [0.5, 0.6) is 0 Å². The predicted molar refractivity (Wildman–Crippen MR) is 345 cm³/mol. The van der Waals surface area contributed by atoms with Crippen LogP contribution in [0.2, 0.25) is 0 Å². The van der Waals surface area contributed by atoms with E-state index in [-0.39, 0.29) is 55.6 Å². The summed E-state index contributed by atoms with van der Waals surface area (Å²) in [6.07, 6.45) is 9.56. The van der Waals surface area contributed by atoms with E-state index in [1.807, 2.05) is 0 Å². The molecule has 0 spiro atoms. The third-order valence-electron chi connectivity index (χ3n) is 21.8. The fourth-order valence-electron chi connectivity index (χ4n) is 16.1. The molecule has 2 unspecified atom stereocenters. The van der Waals surface area contributed by atoms with E-state index >= 15 is 0 Å². The molecular formula is C74H90BN3S. The first-order valence-electron chi connectivity index (χ1n) is 30.5. The lowest BCUT2D eigenvalue weighted by Crippen LogP contribution is -2.61. The third kappa shape index (κ3) is 7.68. The molecule has 3 aliphatic carbocycles. The summed E-state index contributed by atoms with van der Waals surface area (Å²) in [5.74, 6) is 0. The minimum atomic E-state index is -0.142. The van der Waals surface area contributed by atoms with Gasteiger partial charge in [0.2, 0.25) is 0 Å². The topological polar surface area (TPSA) is 9.72 Å². The second-order valence-corrected chi connectivity index (χ2v) is 33.0. The van der Waals surface area contributed by atoms with Crippen LogP contribution in [0.15, 0.2) is 103 Å².